The molecule has 0 aliphatic carbocycles. The third-order valence-corrected chi connectivity index (χ3v) is 11.0. The van der Waals surface area contributed by atoms with E-state index in [0.29, 0.717) is 51.5 Å². The molecule has 2 aromatic rings. The van der Waals surface area contributed by atoms with Crippen molar-refractivity contribution in [2.45, 2.75) is 133 Å². The molecular formula is C48H72N10O13. The number of nitrogens with one attached hydrogen (secondary N) is 8. The van der Waals surface area contributed by atoms with Crippen molar-refractivity contribution in [3.8, 4) is 0 Å². The van der Waals surface area contributed by atoms with Gasteiger partial charge in [-0.3, -0.25) is 33.6 Å². The average molecular weight is 997 g/mol. The van der Waals surface area contributed by atoms with Crippen LogP contribution < -0.4 is 54.0 Å². The highest BCUT2D eigenvalue weighted by Crippen LogP contribution is 2.10. The van der Waals surface area contributed by atoms with E-state index in [1.54, 1.807) is 0 Å². The summed E-state index contributed by atoms with van der Waals surface area (Å²) < 4.78 is 0. The Kier molecular flexibility index (Phi) is 29.6. The summed E-state index contributed by atoms with van der Waals surface area (Å²) in [5.41, 5.74) is 12.6. The zero-order valence-corrected chi connectivity index (χ0v) is 40.1. The molecule has 0 bridgehead atoms. The van der Waals surface area contributed by atoms with Crippen LogP contribution in [0.1, 0.15) is 101 Å². The summed E-state index contributed by atoms with van der Waals surface area (Å²) in [5, 5.41) is 48.2. The number of hydrogen-bond acceptors (Lipinski definition) is 12. The van der Waals surface area contributed by atoms with E-state index < -0.39 is 90.6 Å². The monoisotopic (exact) mass is 997 g/mol. The molecule has 0 aliphatic heterocycles. The van der Waals surface area contributed by atoms with Crippen LogP contribution in [0.25, 0.3) is 0 Å². The Labute approximate surface area is 413 Å². The van der Waals surface area contributed by atoms with Gasteiger partial charge < -0.3 is 69.3 Å². The molecule has 0 heterocycles. The fourth-order valence-electron chi connectivity index (χ4n) is 7.11. The lowest BCUT2D eigenvalue weighted by molar-refractivity contribution is -0.141. The van der Waals surface area contributed by atoms with Gasteiger partial charge in [0.1, 0.15) is 30.2 Å². The number of carbonyl (C=O) groups excluding carboxylic acids is 7. The van der Waals surface area contributed by atoms with Gasteiger partial charge in [-0.15, -0.1) is 0 Å². The van der Waals surface area contributed by atoms with E-state index in [-0.39, 0.29) is 76.5 Å². The van der Waals surface area contributed by atoms with Crippen molar-refractivity contribution in [1.29, 1.82) is 0 Å². The third kappa shape index (κ3) is 27.0. The molecule has 0 aromatic heterocycles. The molecule has 2 rings (SSSR count). The Morgan fingerprint density at radius 2 is 0.901 bits per heavy atom. The summed E-state index contributed by atoms with van der Waals surface area (Å²) in [6, 6.07) is 11.1. The van der Waals surface area contributed by atoms with Crippen LogP contribution in [0.5, 0.6) is 0 Å². The molecule has 2 aromatic carbocycles. The number of hydrogen-bond donors (Lipinski definition) is 13. The van der Waals surface area contributed by atoms with Gasteiger partial charge in [-0.1, -0.05) is 79.9 Å². The second-order valence-electron chi connectivity index (χ2n) is 16.8. The van der Waals surface area contributed by atoms with Crippen LogP contribution in [0.4, 0.5) is 4.79 Å². The molecule has 0 fully saturated rings. The highest BCUT2D eigenvalue weighted by Gasteiger charge is 2.29. The zero-order chi connectivity index (χ0) is 52.4. The molecule has 0 spiro atoms. The van der Waals surface area contributed by atoms with Crippen LogP contribution in [0.15, 0.2) is 60.7 Å². The zero-order valence-electron chi connectivity index (χ0n) is 40.1. The van der Waals surface area contributed by atoms with Gasteiger partial charge in [0.2, 0.25) is 35.4 Å². The molecule has 0 unspecified atom stereocenters. The Bertz CT molecular complexity index is 2010. The summed E-state index contributed by atoms with van der Waals surface area (Å²) in [5.74, 6) is -6.89. The normalized spacial score (nSPS) is 12.9. The van der Waals surface area contributed by atoms with Gasteiger partial charge in [0.05, 0.1) is 0 Å². The van der Waals surface area contributed by atoms with Crippen molar-refractivity contribution in [1.82, 2.24) is 42.5 Å². The smallest absolute Gasteiger partial charge is 0.326 e. The highest BCUT2D eigenvalue weighted by atomic mass is 16.4. The first-order valence-electron chi connectivity index (χ1n) is 24.0. The first kappa shape index (κ1) is 60.0. The molecule has 0 saturated carbocycles. The Morgan fingerprint density at radius 3 is 1.44 bits per heavy atom. The predicted octanol–water partition coefficient (Wildman–Crippen LogP) is -0.0562. The fourth-order valence-corrected chi connectivity index (χ4v) is 7.11. The Morgan fingerprint density at radius 1 is 0.408 bits per heavy atom. The van der Waals surface area contributed by atoms with Crippen LogP contribution >= 0.6 is 0 Å². The summed E-state index contributed by atoms with van der Waals surface area (Å²) in [4.78, 5) is 124. The van der Waals surface area contributed by atoms with Gasteiger partial charge in [0.15, 0.2) is 0 Å². The lowest BCUT2D eigenvalue weighted by atomic mass is 10.0. The summed E-state index contributed by atoms with van der Waals surface area (Å²) in [6.45, 7) is 0.928. The molecule has 15 N–H and O–H groups in total. The number of carbonyl (C=O) groups is 10. The minimum Gasteiger partial charge on any atom is -0.481 e. The Hall–Kier alpha value is -7.14. The minimum atomic E-state index is -1.56. The van der Waals surface area contributed by atoms with Crippen LogP contribution in [0, 0.1) is 0 Å². The van der Waals surface area contributed by atoms with Crippen molar-refractivity contribution in [3.63, 3.8) is 0 Å². The largest absolute Gasteiger partial charge is 0.481 e. The van der Waals surface area contributed by atoms with Crippen molar-refractivity contribution >= 4 is 59.4 Å². The summed E-state index contributed by atoms with van der Waals surface area (Å²) >= 11 is 0. The number of unbranched alkanes of at least 4 members (excludes halogenated alkanes) is 5. The van der Waals surface area contributed by atoms with Crippen LogP contribution in [0.2, 0.25) is 0 Å². The molecule has 392 valence electrons. The SMILES string of the molecule is NCCCC[C@H](NC(=O)CCN)C(=O)NCCNC(=O)[C@H](Cc1ccccc1)NC(=O)[C@H](Cc1ccccc1)NC(=O)CCCCCCCNC(=O)CC[C@H](NC(=O)N[C@@H](CCC(=O)O)C(=O)O)C(=O)O. The molecule has 23 heteroatoms. The summed E-state index contributed by atoms with van der Waals surface area (Å²) in [7, 11) is 0. The summed E-state index contributed by atoms with van der Waals surface area (Å²) in [6.07, 6.45) is 3.83. The van der Waals surface area contributed by atoms with E-state index in [4.69, 9.17) is 16.6 Å². The Balaban J connectivity index is 1.89. The molecule has 23 nitrogen and oxygen atoms in total. The van der Waals surface area contributed by atoms with E-state index in [1.807, 2.05) is 66.0 Å². The fraction of sp³-hybridized carbons (Fsp3) is 0.542. The topological polar surface area (TPSA) is 380 Å². The molecule has 71 heavy (non-hydrogen) atoms. The molecule has 0 saturated heterocycles. The number of carboxylic acid groups (broad SMARTS) is 3. The first-order valence-corrected chi connectivity index (χ1v) is 24.0. The van der Waals surface area contributed by atoms with Crippen molar-refractivity contribution < 1.29 is 63.3 Å². The van der Waals surface area contributed by atoms with E-state index in [1.165, 1.54) is 0 Å². The molecule has 0 aliphatic rings. The van der Waals surface area contributed by atoms with E-state index in [9.17, 15) is 58.2 Å². The first-order chi connectivity index (χ1) is 34.0. The standard InChI is InChI=1S/C48H72N10O13/c49-25-12-11-18-34(54-41(61)24-26-50)43(64)52-28-29-53-44(65)37(30-32-14-6-4-7-15-32)56-45(66)38(31-33-16-8-5-9-17-33)55-40(60)19-10-2-1-3-13-27-51-39(59)22-20-35(46(67)68)57-48(71)58-36(47(69)70)21-23-42(62)63/h4-9,14-17,34-38H,1-3,10-13,18-31,49-50H2,(H,51,59)(H,52,64)(H,53,65)(H,54,61)(H,55,60)(H,56,66)(H,62,63)(H,67,68)(H,69,70)(H2,57,58,71)/t34-,35-,36-,37-,38-/m0/s1. The molecule has 5 atom stereocenters. The van der Waals surface area contributed by atoms with Gasteiger partial charge in [0.25, 0.3) is 0 Å². The van der Waals surface area contributed by atoms with E-state index in [2.05, 4.69) is 37.2 Å². The number of benzene rings is 2. The quantitative estimate of drug-likeness (QED) is 0.0395. The maximum absolute atomic E-state index is 14.0. The van der Waals surface area contributed by atoms with E-state index in [0.717, 1.165) is 17.5 Å². The highest BCUT2D eigenvalue weighted by molar-refractivity contribution is 5.93. The van der Waals surface area contributed by atoms with Gasteiger partial charge in [-0.2, -0.15) is 0 Å². The van der Waals surface area contributed by atoms with Crippen molar-refractivity contribution in [3.05, 3.63) is 71.8 Å². The van der Waals surface area contributed by atoms with Crippen LogP contribution in [-0.2, 0) is 56.0 Å². The minimum absolute atomic E-state index is 0.0218. The van der Waals surface area contributed by atoms with Crippen molar-refractivity contribution in [2.75, 3.05) is 32.7 Å². The number of carboxylic acids is 3. The van der Waals surface area contributed by atoms with E-state index >= 15 is 0 Å². The van der Waals surface area contributed by atoms with Gasteiger partial charge >= 0.3 is 23.9 Å². The lowest BCUT2D eigenvalue weighted by Gasteiger charge is -2.24. The van der Waals surface area contributed by atoms with Crippen LogP contribution in [0.3, 0.4) is 0 Å². The van der Waals surface area contributed by atoms with Gasteiger partial charge in [0, 0.05) is 64.7 Å². The lowest BCUT2D eigenvalue weighted by Crippen LogP contribution is -2.55. The second-order valence-corrected chi connectivity index (χ2v) is 16.8. The molecular weight excluding hydrogens is 925 g/mol. The number of aliphatic carboxylic acids is 3. The predicted molar refractivity (Wildman–Crippen MR) is 260 cm³/mol. The van der Waals surface area contributed by atoms with Gasteiger partial charge in [-0.05, 0) is 62.6 Å². The number of rotatable bonds is 37. The average Bonchev–Trinajstić information content (AvgIpc) is 3.33. The maximum atomic E-state index is 14.0. The third-order valence-electron chi connectivity index (χ3n) is 11.0. The molecule has 0 radical (unpaired) electrons. The number of nitrogens with two attached hydrogens (primary N) is 2. The maximum Gasteiger partial charge on any atom is 0.326 e. The number of urea groups is 1. The van der Waals surface area contributed by atoms with Gasteiger partial charge in [-0.25, -0.2) is 14.4 Å². The molecule has 8 amide bonds. The van der Waals surface area contributed by atoms with Crippen molar-refractivity contribution in [2.24, 2.45) is 11.5 Å². The van der Waals surface area contributed by atoms with Crippen LogP contribution in [-0.4, -0.2) is 138 Å². The number of amides is 8. The second kappa shape index (κ2) is 35.0.